The van der Waals surface area contributed by atoms with Crippen LogP contribution in [0.4, 0.5) is 0 Å². The van der Waals surface area contributed by atoms with E-state index in [0.717, 1.165) is 26.2 Å². The Morgan fingerprint density at radius 3 is 0.889 bits per heavy atom. The average molecular weight is 560 g/mol. The van der Waals surface area contributed by atoms with E-state index >= 15 is 0 Å². The summed E-state index contributed by atoms with van der Waals surface area (Å²) in [5.74, 6) is 0. The quantitative estimate of drug-likeness (QED) is 0.156. The molecular formula is C20H44N2S4Sn. The Hall–Kier alpha value is 1.02. The first-order chi connectivity index (χ1) is 11.4. The van der Waals surface area contributed by atoms with Gasteiger partial charge in [-0.15, -0.1) is 0 Å². The molecule has 7 heteroatoms. The minimum absolute atomic E-state index is 0. The predicted molar refractivity (Wildman–Crippen MR) is 142 cm³/mol. The topological polar surface area (TPSA) is 6.48 Å². The monoisotopic (exact) mass is 560 g/mol. The summed E-state index contributed by atoms with van der Waals surface area (Å²) in [4.78, 5) is 4.27. The number of unbranched alkanes of at least 4 members (excludes halogenated alkanes) is 4. The molecule has 0 atom stereocenters. The normalized spacial score (nSPS) is 8.74. The van der Waals surface area contributed by atoms with Crippen LogP contribution < -0.4 is 0 Å². The molecule has 2 radical (unpaired) electrons. The molecule has 0 amide bonds. The first-order valence-corrected chi connectivity index (χ1v) is 11.0. The Kier molecular flexibility index (Phi) is 41.8. The van der Waals surface area contributed by atoms with Gasteiger partial charge in [0, 0.05) is 26.2 Å². The molecule has 0 rings (SSSR count). The fraction of sp³-hybridized carbons (Fsp3) is 0.900. The molecule has 0 N–H and O–H groups in total. The zero-order valence-corrected chi connectivity index (χ0v) is 22.6. The van der Waals surface area contributed by atoms with Crippen molar-refractivity contribution in [1.82, 2.24) is 9.80 Å². The van der Waals surface area contributed by atoms with E-state index in [-0.39, 0.29) is 38.8 Å². The van der Waals surface area contributed by atoms with E-state index in [1.807, 2.05) is 0 Å². The van der Waals surface area contributed by atoms with Gasteiger partial charge in [-0.2, -0.15) is 0 Å². The van der Waals surface area contributed by atoms with Crippen LogP contribution >= 0.6 is 24.4 Å². The van der Waals surface area contributed by atoms with Crippen LogP contribution in [0.25, 0.3) is 0 Å². The van der Waals surface area contributed by atoms with Crippen molar-refractivity contribution >= 4 is 82.2 Å². The van der Waals surface area contributed by atoms with E-state index in [1.165, 1.54) is 51.4 Å². The zero-order valence-electron chi connectivity index (χ0n) is 16.5. The molecule has 0 saturated carbocycles. The molecule has 2 nitrogen and oxygen atoms in total. The van der Waals surface area contributed by atoms with Crippen LogP contribution in [0.5, 0.6) is 0 Å². The van der Waals surface area contributed by atoms with Crippen LogP contribution in [0.1, 0.15) is 93.9 Å². The largest absolute Gasteiger partial charge is 2.00 e. The summed E-state index contributed by atoms with van der Waals surface area (Å²) >= 11 is 19.9. The Morgan fingerprint density at radius 2 is 0.778 bits per heavy atom. The number of rotatable bonds is 12. The maximum absolute atomic E-state index is 4.98. The fourth-order valence-electron chi connectivity index (χ4n) is 1.98. The third-order valence-electron chi connectivity index (χ3n) is 3.64. The van der Waals surface area contributed by atoms with Crippen LogP contribution in [0.2, 0.25) is 0 Å². The zero-order chi connectivity index (χ0) is 18.8. The van der Waals surface area contributed by atoms with Crippen LogP contribution in [-0.2, 0) is 25.3 Å². The SMILES string of the molecule is C.C.CCCCN(CCCC)C(=S)[S-].CCCCN(CCCC)C(=S)[S-].[Sn+2]. The van der Waals surface area contributed by atoms with Crippen molar-refractivity contribution in [1.29, 1.82) is 0 Å². The fourth-order valence-corrected chi connectivity index (χ4v) is 2.71. The van der Waals surface area contributed by atoms with Crippen molar-refractivity contribution in [2.45, 2.75) is 93.9 Å². The van der Waals surface area contributed by atoms with Gasteiger partial charge < -0.3 is 59.5 Å². The van der Waals surface area contributed by atoms with E-state index < -0.39 is 0 Å². The van der Waals surface area contributed by atoms with Crippen molar-refractivity contribution in [3.63, 3.8) is 0 Å². The first kappa shape index (κ1) is 38.6. The van der Waals surface area contributed by atoms with E-state index in [1.54, 1.807) is 0 Å². The van der Waals surface area contributed by atoms with Crippen molar-refractivity contribution in [2.75, 3.05) is 26.2 Å². The summed E-state index contributed by atoms with van der Waals surface area (Å²) in [6, 6.07) is 0. The standard InChI is InChI=1S/2C9H19NS2.2CH4.Sn/c2*1-3-5-7-10(9(11)12)8-6-4-2;;;/h2*3-8H2,1-2H3,(H,11,12);2*1H4;/q;;;;+2/p-2. The molecule has 0 bridgehead atoms. The molecular weight excluding hydrogens is 515 g/mol. The van der Waals surface area contributed by atoms with Gasteiger partial charge in [-0.1, -0.05) is 76.9 Å². The summed E-state index contributed by atoms with van der Waals surface area (Å²) in [5, 5.41) is 0. The van der Waals surface area contributed by atoms with E-state index in [4.69, 9.17) is 49.7 Å². The Bertz CT molecular complexity index is 272. The van der Waals surface area contributed by atoms with Gasteiger partial charge in [0.05, 0.1) is 0 Å². The Balaban J connectivity index is -0.000000108. The maximum Gasteiger partial charge on any atom is 2.00 e. The van der Waals surface area contributed by atoms with Gasteiger partial charge in [0.15, 0.2) is 0 Å². The van der Waals surface area contributed by atoms with Crippen LogP contribution in [0.3, 0.4) is 0 Å². The second-order valence-corrected chi connectivity index (χ2v) is 7.98. The summed E-state index contributed by atoms with van der Waals surface area (Å²) in [5.41, 5.74) is 0. The minimum atomic E-state index is 0. The van der Waals surface area contributed by atoms with Crippen molar-refractivity contribution in [3.8, 4) is 0 Å². The van der Waals surface area contributed by atoms with Gasteiger partial charge in [0.25, 0.3) is 0 Å². The summed E-state index contributed by atoms with van der Waals surface area (Å²) in [6.45, 7) is 12.9. The van der Waals surface area contributed by atoms with E-state index in [9.17, 15) is 0 Å². The van der Waals surface area contributed by atoms with Crippen LogP contribution in [0.15, 0.2) is 0 Å². The van der Waals surface area contributed by atoms with Gasteiger partial charge in [-0.05, 0) is 25.7 Å². The molecule has 0 aliphatic heterocycles. The summed E-state index contributed by atoms with van der Waals surface area (Å²) in [7, 11) is 0. The molecule has 0 saturated heterocycles. The first-order valence-electron chi connectivity index (χ1n) is 9.36. The molecule has 0 fully saturated rings. The second kappa shape index (κ2) is 29.2. The van der Waals surface area contributed by atoms with Crippen molar-refractivity contribution in [2.24, 2.45) is 0 Å². The van der Waals surface area contributed by atoms with Crippen molar-refractivity contribution < 1.29 is 0 Å². The number of hydrogen-bond donors (Lipinski definition) is 0. The Labute approximate surface area is 210 Å². The third-order valence-corrected chi connectivity index (χ3v) is 4.68. The molecule has 0 aliphatic rings. The smallest absolute Gasteiger partial charge is 0.411 e. The molecule has 0 aromatic rings. The van der Waals surface area contributed by atoms with Crippen LogP contribution in [0, 0.1) is 0 Å². The molecule has 0 aromatic heterocycles. The molecule has 0 aliphatic carbocycles. The molecule has 0 aromatic carbocycles. The third kappa shape index (κ3) is 27.0. The van der Waals surface area contributed by atoms with Gasteiger partial charge in [-0.3, -0.25) is 0 Å². The maximum atomic E-state index is 4.98. The number of nitrogens with zero attached hydrogens (tertiary/aromatic N) is 2. The molecule has 0 heterocycles. The predicted octanol–water partition coefficient (Wildman–Crippen LogP) is 6.33. The van der Waals surface area contributed by atoms with Gasteiger partial charge in [0.1, 0.15) is 0 Å². The molecule has 27 heavy (non-hydrogen) atoms. The van der Waals surface area contributed by atoms with Gasteiger partial charge >= 0.3 is 23.9 Å². The average Bonchev–Trinajstić information content (AvgIpc) is 2.55. The number of thiocarbonyl (C=S) groups is 2. The summed E-state index contributed by atoms with van der Waals surface area (Å²) in [6.07, 6.45) is 9.62. The van der Waals surface area contributed by atoms with Crippen LogP contribution in [-0.4, -0.2) is 68.5 Å². The van der Waals surface area contributed by atoms with Gasteiger partial charge in [-0.25, -0.2) is 0 Å². The van der Waals surface area contributed by atoms with Crippen molar-refractivity contribution in [3.05, 3.63) is 0 Å². The summed E-state index contributed by atoms with van der Waals surface area (Å²) < 4.78 is 1.27. The minimum Gasteiger partial charge on any atom is -0.411 e. The molecule has 0 spiro atoms. The second-order valence-electron chi connectivity index (χ2n) is 5.92. The molecule has 162 valence electrons. The van der Waals surface area contributed by atoms with E-state index in [2.05, 4.69) is 37.5 Å². The number of hydrogen-bond acceptors (Lipinski definition) is 4. The van der Waals surface area contributed by atoms with Gasteiger partial charge in [0.2, 0.25) is 0 Å². The van der Waals surface area contributed by atoms with E-state index in [0.29, 0.717) is 8.64 Å². The Morgan fingerprint density at radius 1 is 0.593 bits per heavy atom. The molecule has 0 unspecified atom stereocenters.